The zero-order valence-electron chi connectivity index (χ0n) is 11.3. The Morgan fingerprint density at radius 2 is 1.76 bits per heavy atom. The van der Waals surface area contributed by atoms with Crippen molar-refractivity contribution in [2.24, 2.45) is 0 Å². The Bertz CT molecular complexity index is 272. The maximum Gasteiger partial charge on any atom is 0.410 e. The molecule has 0 N–H and O–H groups in total. The highest BCUT2D eigenvalue weighted by Crippen LogP contribution is 2.09. The Balaban J connectivity index is 4.36. The number of carbonyl (C=O) groups excluding carboxylic acids is 2. The van der Waals surface area contributed by atoms with Crippen LogP contribution < -0.4 is 0 Å². The molecule has 0 rings (SSSR count). The number of ether oxygens (including phenoxy) is 3. The maximum absolute atomic E-state index is 11.6. The summed E-state index contributed by atoms with van der Waals surface area (Å²) in [4.78, 5) is 24.2. The van der Waals surface area contributed by atoms with Gasteiger partial charge in [-0.3, -0.25) is 0 Å². The lowest BCUT2D eigenvalue weighted by atomic mass is 10.2. The highest BCUT2D eigenvalue weighted by atomic mass is 16.6. The number of hydrogen-bond donors (Lipinski definition) is 0. The molecular formula is C11H21NO5. The first-order chi connectivity index (χ1) is 7.71. The summed E-state index contributed by atoms with van der Waals surface area (Å²) in [5.74, 6) is -0.525. The van der Waals surface area contributed by atoms with Gasteiger partial charge in [0.1, 0.15) is 5.60 Å². The van der Waals surface area contributed by atoms with Crippen LogP contribution in [0.25, 0.3) is 0 Å². The number of esters is 1. The largest absolute Gasteiger partial charge is 0.467 e. The van der Waals surface area contributed by atoms with E-state index < -0.39 is 23.8 Å². The van der Waals surface area contributed by atoms with Crippen molar-refractivity contribution in [3.8, 4) is 0 Å². The molecule has 0 unspecified atom stereocenters. The summed E-state index contributed by atoms with van der Waals surface area (Å²) < 4.78 is 14.6. The Kier molecular flexibility index (Phi) is 5.95. The number of hydrogen-bond acceptors (Lipinski definition) is 5. The van der Waals surface area contributed by atoms with E-state index in [0.717, 1.165) is 0 Å². The van der Waals surface area contributed by atoms with E-state index >= 15 is 0 Å². The number of methoxy groups -OCH3 is 2. The minimum absolute atomic E-state index is 0.0814. The van der Waals surface area contributed by atoms with Crippen LogP contribution in [0.4, 0.5) is 4.79 Å². The van der Waals surface area contributed by atoms with Gasteiger partial charge in [0.25, 0.3) is 0 Å². The van der Waals surface area contributed by atoms with Gasteiger partial charge in [-0.1, -0.05) is 0 Å². The quantitative estimate of drug-likeness (QED) is 0.694. The van der Waals surface area contributed by atoms with Gasteiger partial charge in [0.05, 0.1) is 13.7 Å². The third-order valence-corrected chi connectivity index (χ3v) is 1.89. The van der Waals surface area contributed by atoms with E-state index in [0.29, 0.717) is 0 Å². The first-order valence-electron chi connectivity index (χ1n) is 5.26. The zero-order valence-corrected chi connectivity index (χ0v) is 11.3. The van der Waals surface area contributed by atoms with Gasteiger partial charge < -0.3 is 19.1 Å². The van der Waals surface area contributed by atoms with Crippen molar-refractivity contribution in [2.45, 2.75) is 32.5 Å². The fourth-order valence-corrected chi connectivity index (χ4v) is 1.04. The van der Waals surface area contributed by atoms with Crippen molar-refractivity contribution >= 4 is 12.1 Å². The van der Waals surface area contributed by atoms with Crippen molar-refractivity contribution < 1.29 is 23.8 Å². The van der Waals surface area contributed by atoms with Gasteiger partial charge in [-0.2, -0.15) is 0 Å². The average molecular weight is 247 g/mol. The zero-order chi connectivity index (χ0) is 13.6. The predicted molar refractivity (Wildman–Crippen MR) is 61.7 cm³/mol. The number of likely N-dealkylation sites (N-methyl/N-ethyl adjacent to an activating group) is 1. The molecule has 0 aliphatic rings. The van der Waals surface area contributed by atoms with E-state index in [1.54, 1.807) is 20.8 Å². The van der Waals surface area contributed by atoms with Crippen molar-refractivity contribution in [3.05, 3.63) is 0 Å². The van der Waals surface area contributed by atoms with Crippen LogP contribution in [0.5, 0.6) is 0 Å². The third-order valence-electron chi connectivity index (χ3n) is 1.89. The van der Waals surface area contributed by atoms with Gasteiger partial charge in [-0.05, 0) is 20.8 Å². The van der Waals surface area contributed by atoms with E-state index in [1.165, 1.54) is 26.2 Å². The first kappa shape index (κ1) is 15.7. The molecule has 0 aromatic rings. The minimum atomic E-state index is -0.808. The molecule has 0 aliphatic heterocycles. The maximum atomic E-state index is 11.6. The molecule has 100 valence electrons. The molecule has 0 bridgehead atoms. The summed E-state index contributed by atoms with van der Waals surface area (Å²) >= 11 is 0. The van der Waals surface area contributed by atoms with Crippen LogP contribution in [0, 0.1) is 0 Å². The van der Waals surface area contributed by atoms with Crippen LogP contribution in [0.3, 0.4) is 0 Å². The average Bonchev–Trinajstić information content (AvgIpc) is 2.21. The molecule has 0 aromatic carbocycles. The monoisotopic (exact) mass is 247 g/mol. The molecule has 6 nitrogen and oxygen atoms in total. The third kappa shape index (κ3) is 6.11. The van der Waals surface area contributed by atoms with Crippen LogP contribution >= 0.6 is 0 Å². The van der Waals surface area contributed by atoms with Crippen LogP contribution in [0.2, 0.25) is 0 Å². The molecule has 0 saturated carbocycles. The van der Waals surface area contributed by atoms with Gasteiger partial charge in [0.2, 0.25) is 0 Å². The van der Waals surface area contributed by atoms with Crippen molar-refractivity contribution in [2.75, 3.05) is 27.8 Å². The molecule has 0 spiro atoms. The molecule has 0 heterocycles. The van der Waals surface area contributed by atoms with Crippen LogP contribution in [-0.2, 0) is 19.0 Å². The summed E-state index contributed by atoms with van der Waals surface area (Å²) in [7, 11) is 4.18. The highest BCUT2D eigenvalue weighted by molar-refractivity contribution is 5.76. The van der Waals surface area contributed by atoms with E-state index in [-0.39, 0.29) is 6.54 Å². The minimum Gasteiger partial charge on any atom is -0.467 e. The second kappa shape index (κ2) is 6.44. The molecule has 0 fully saturated rings. The standard InChI is InChI=1S/C11H21NO5/c1-11(2,3)17-10(14)12(4)7-8(15-5)9(13)16-6/h8H,7H2,1-6H3/t8-/m0/s1. The second-order valence-corrected chi connectivity index (χ2v) is 4.61. The summed E-state index contributed by atoms with van der Waals surface area (Å²) in [6, 6.07) is 0. The van der Waals surface area contributed by atoms with E-state index in [9.17, 15) is 9.59 Å². The molecule has 0 aliphatic carbocycles. The van der Waals surface area contributed by atoms with Crippen LogP contribution in [-0.4, -0.2) is 56.5 Å². The molecule has 6 heteroatoms. The SMILES string of the molecule is COC(=O)[C@H](CN(C)C(=O)OC(C)(C)C)OC. The number of nitrogens with zero attached hydrogens (tertiary/aromatic N) is 1. The van der Waals surface area contributed by atoms with Crippen molar-refractivity contribution in [1.29, 1.82) is 0 Å². The lowest BCUT2D eigenvalue weighted by Gasteiger charge is -2.26. The molecule has 17 heavy (non-hydrogen) atoms. The number of amides is 1. The smallest absolute Gasteiger partial charge is 0.410 e. The fraction of sp³-hybridized carbons (Fsp3) is 0.818. The molecular weight excluding hydrogens is 226 g/mol. The Hall–Kier alpha value is -1.30. The Labute approximate surface area is 102 Å². The molecule has 0 saturated heterocycles. The van der Waals surface area contributed by atoms with E-state index in [1.807, 2.05) is 0 Å². The topological polar surface area (TPSA) is 65.1 Å². The molecule has 0 aromatic heterocycles. The van der Waals surface area contributed by atoms with Crippen molar-refractivity contribution in [1.82, 2.24) is 4.90 Å². The van der Waals surface area contributed by atoms with Gasteiger partial charge in [0, 0.05) is 14.2 Å². The van der Waals surface area contributed by atoms with Gasteiger partial charge in [0.15, 0.2) is 6.10 Å². The molecule has 1 amide bonds. The van der Waals surface area contributed by atoms with Gasteiger partial charge in [-0.25, -0.2) is 9.59 Å². The van der Waals surface area contributed by atoms with Crippen LogP contribution in [0.15, 0.2) is 0 Å². The summed E-state index contributed by atoms with van der Waals surface area (Å²) in [5, 5.41) is 0. The Morgan fingerprint density at radius 3 is 2.12 bits per heavy atom. The van der Waals surface area contributed by atoms with Gasteiger partial charge >= 0.3 is 12.1 Å². The highest BCUT2D eigenvalue weighted by Gasteiger charge is 2.25. The lowest BCUT2D eigenvalue weighted by Crippen LogP contribution is -2.42. The first-order valence-corrected chi connectivity index (χ1v) is 5.26. The summed E-state index contributed by atoms with van der Waals surface area (Å²) in [6.07, 6.45) is -1.32. The number of carbonyl (C=O) groups is 2. The Morgan fingerprint density at radius 1 is 1.24 bits per heavy atom. The van der Waals surface area contributed by atoms with Crippen LogP contribution in [0.1, 0.15) is 20.8 Å². The normalized spacial score (nSPS) is 12.8. The van der Waals surface area contributed by atoms with Crippen molar-refractivity contribution in [3.63, 3.8) is 0 Å². The predicted octanol–water partition coefficient (Wildman–Crippen LogP) is 1.04. The van der Waals surface area contributed by atoms with Gasteiger partial charge in [-0.15, -0.1) is 0 Å². The summed E-state index contributed by atoms with van der Waals surface area (Å²) in [6.45, 7) is 5.39. The van der Waals surface area contributed by atoms with E-state index in [4.69, 9.17) is 9.47 Å². The fourth-order valence-electron chi connectivity index (χ4n) is 1.04. The molecule has 0 radical (unpaired) electrons. The summed E-state index contributed by atoms with van der Waals surface area (Å²) in [5.41, 5.74) is -0.570. The van der Waals surface area contributed by atoms with E-state index in [2.05, 4.69) is 4.74 Å². The molecule has 1 atom stereocenters. The second-order valence-electron chi connectivity index (χ2n) is 4.61. The lowest BCUT2D eigenvalue weighted by molar-refractivity contribution is -0.152. The number of rotatable bonds is 4.